The molecule has 32 heavy (non-hydrogen) atoms. The molecule has 1 aliphatic rings. The van der Waals surface area contributed by atoms with Gasteiger partial charge < -0.3 is 19.9 Å². The van der Waals surface area contributed by atoms with Crippen LogP contribution in [0, 0.1) is 11.6 Å². The van der Waals surface area contributed by atoms with Gasteiger partial charge in [0, 0.05) is 62.4 Å². The summed E-state index contributed by atoms with van der Waals surface area (Å²) in [5.41, 5.74) is 1.93. The van der Waals surface area contributed by atoms with E-state index in [1.54, 1.807) is 4.90 Å². The molecule has 1 saturated heterocycles. The molecule has 168 valence electrons. The summed E-state index contributed by atoms with van der Waals surface area (Å²) >= 11 is 0. The molecule has 1 unspecified atom stereocenters. The standard InChI is InChI=1S/C24H25F2N3O3/c1-15(30)28-22(12-16-14-27-21-5-3-2-4-19(16)21)24(31)29-10-8-18(9-11-29)32-23-7-6-17(25)13-20(23)26/h2-7,13-14,18,22,27H,8-12H2,1H3,(H,28,30). The van der Waals surface area contributed by atoms with Crippen molar-refractivity contribution in [1.29, 1.82) is 0 Å². The Kier molecular flexibility index (Phi) is 6.39. The number of ether oxygens (including phenoxy) is 1. The highest BCUT2D eigenvalue weighted by Crippen LogP contribution is 2.24. The maximum absolute atomic E-state index is 13.9. The quantitative estimate of drug-likeness (QED) is 0.614. The zero-order valence-electron chi connectivity index (χ0n) is 17.7. The van der Waals surface area contributed by atoms with Gasteiger partial charge in [0.2, 0.25) is 11.8 Å². The van der Waals surface area contributed by atoms with Crippen LogP contribution in [0.2, 0.25) is 0 Å². The summed E-state index contributed by atoms with van der Waals surface area (Å²) < 4.78 is 32.6. The number of piperidine rings is 1. The van der Waals surface area contributed by atoms with E-state index >= 15 is 0 Å². The van der Waals surface area contributed by atoms with E-state index in [0.29, 0.717) is 32.4 Å². The number of amides is 2. The van der Waals surface area contributed by atoms with Crippen LogP contribution in [0.5, 0.6) is 5.75 Å². The zero-order valence-corrected chi connectivity index (χ0v) is 17.7. The highest BCUT2D eigenvalue weighted by molar-refractivity contribution is 5.89. The van der Waals surface area contributed by atoms with E-state index in [4.69, 9.17) is 4.74 Å². The number of carbonyl (C=O) groups is 2. The van der Waals surface area contributed by atoms with Gasteiger partial charge in [-0.15, -0.1) is 0 Å². The lowest BCUT2D eigenvalue weighted by molar-refractivity contribution is -0.137. The fourth-order valence-corrected chi connectivity index (χ4v) is 4.13. The van der Waals surface area contributed by atoms with Gasteiger partial charge in [0.05, 0.1) is 0 Å². The second-order valence-electron chi connectivity index (χ2n) is 8.03. The van der Waals surface area contributed by atoms with E-state index in [1.807, 2.05) is 30.5 Å². The van der Waals surface area contributed by atoms with Gasteiger partial charge in [0.25, 0.3) is 0 Å². The van der Waals surface area contributed by atoms with Crippen molar-refractivity contribution in [2.45, 2.75) is 38.3 Å². The molecule has 2 aromatic carbocycles. The van der Waals surface area contributed by atoms with Crippen LogP contribution in [0.1, 0.15) is 25.3 Å². The number of H-pyrrole nitrogens is 1. The van der Waals surface area contributed by atoms with Gasteiger partial charge in [-0.2, -0.15) is 0 Å². The molecule has 2 heterocycles. The van der Waals surface area contributed by atoms with E-state index < -0.39 is 17.7 Å². The number of rotatable bonds is 6. The monoisotopic (exact) mass is 441 g/mol. The van der Waals surface area contributed by atoms with E-state index in [-0.39, 0.29) is 23.7 Å². The van der Waals surface area contributed by atoms with Crippen LogP contribution in [-0.2, 0) is 16.0 Å². The molecule has 0 aliphatic carbocycles. The van der Waals surface area contributed by atoms with Crippen molar-refractivity contribution in [2.24, 2.45) is 0 Å². The molecule has 4 rings (SSSR count). The van der Waals surface area contributed by atoms with Crippen molar-refractivity contribution >= 4 is 22.7 Å². The van der Waals surface area contributed by atoms with Crippen molar-refractivity contribution in [2.75, 3.05) is 13.1 Å². The molecule has 6 nitrogen and oxygen atoms in total. The van der Waals surface area contributed by atoms with E-state index in [9.17, 15) is 18.4 Å². The average molecular weight is 441 g/mol. The van der Waals surface area contributed by atoms with Crippen LogP contribution in [0.3, 0.4) is 0 Å². The van der Waals surface area contributed by atoms with Crippen molar-refractivity contribution in [1.82, 2.24) is 15.2 Å². The third-order valence-corrected chi connectivity index (χ3v) is 5.72. The molecule has 0 saturated carbocycles. The average Bonchev–Trinajstić information content (AvgIpc) is 3.18. The van der Waals surface area contributed by atoms with E-state index in [1.165, 1.54) is 13.0 Å². The smallest absolute Gasteiger partial charge is 0.245 e. The van der Waals surface area contributed by atoms with Gasteiger partial charge in [-0.25, -0.2) is 8.78 Å². The predicted octanol–water partition coefficient (Wildman–Crippen LogP) is 3.56. The van der Waals surface area contributed by atoms with Crippen molar-refractivity contribution in [3.63, 3.8) is 0 Å². The van der Waals surface area contributed by atoms with Gasteiger partial charge in [-0.3, -0.25) is 9.59 Å². The molecular formula is C24H25F2N3O3. The summed E-state index contributed by atoms with van der Waals surface area (Å²) in [5, 5.41) is 3.80. The molecule has 8 heteroatoms. The molecule has 0 bridgehead atoms. The van der Waals surface area contributed by atoms with Gasteiger partial charge >= 0.3 is 0 Å². The van der Waals surface area contributed by atoms with Gasteiger partial charge in [-0.05, 0) is 23.8 Å². The number of para-hydroxylation sites is 1. The minimum Gasteiger partial charge on any atom is -0.487 e. The number of aromatic nitrogens is 1. The molecule has 1 aliphatic heterocycles. The van der Waals surface area contributed by atoms with Crippen LogP contribution in [-0.4, -0.2) is 46.9 Å². The third-order valence-electron chi connectivity index (χ3n) is 5.72. The van der Waals surface area contributed by atoms with Crippen LogP contribution >= 0.6 is 0 Å². The van der Waals surface area contributed by atoms with Crippen molar-refractivity contribution in [3.05, 3.63) is 65.9 Å². The second-order valence-corrected chi connectivity index (χ2v) is 8.03. The number of aromatic amines is 1. The highest BCUT2D eigenvalue weighted by Gasteiger charge is 2.30. The lowest BCUT2D eigenvalue weighted by Gasteiger charge is -2.34. The van der Waals surface area contributed by atoms with Gasteiger partial charge in [-0.1, -0.05) is 18.2 Å². The Morgan fingerprint density at radius 2 is 1.94 bits per heavy atom. The first-order valence-corrected chi connectivity index (χ1v) is 10.6. The van der Waals surface area contributed by atoms with Crippen LogP contribution in [0.15, 0.2) is 48.7 Å². The number of hydrogen-bond acceptors (Lipinski definition) is 3. The fraction of sp³-hybridized carbons (Fsp3) is 0.333. The topological polar surface area (TPSA) is 74.4 Å². The van der Waals surface area contributed by atoms with Crippen molar-refractivity contribution in [3.8, 4) is 5.75 Å². The Morgan fingerprint density at radius 1 is 1.19 bits per heavy atom. The molecule has 3 aromatic rings. The van der Waals surface area contributed by atoms with Gasteiger partial charge in [0.1, 0.15) is 18.0 Å². The summed E-state index contributed by atoms with van der Waals surface area (Å²) in [4.78, 5) is 29.9. The van der Waals surface area contributed by atoms with E-state index in [2.05, 4.69) is 10.3 Å². The summed E-state index contributed by atoms with van der Waals surface area (Å²) in [6, 6.07) is 10.3. The number of hydrogen-bond donors (Lipinski definition) is 2. The van der Waals surface area contributed by atoms with Gasteiger partial charge in [0.15, 0.2) is 11.6 Å². The SMILES string of the molecule is CC(=O)NC(Cc1c[nH]c2ccccc12)C(=O)N1CCC(Oc2ccc(F)cc2F)CC1. The van der Waals surface area contributed by atoms with Crippen LogP contribution in [0.25, 0.3) is 10.9 Å². The summed E-state index contributed by atoms with van der Waals surface area (Å²) in [6.07, 6.45) is 3.00. The number of nitrogens with zero attached hydrogens (tertiary/aromatic N) is 1. The first-order chi connectivity index (χ1) is 15.4. The predicted molar refractivity (Wildman–Crippen MR) is 116 cm³/mol. The maximum Gasteiger partial charge on any atom is 0.245 e. The Morgan fingerprint density at radius 3 is 2.66 bits per heavy atom. The molecule has 2 N–H and O–H groups in total. The Hall–Kier alpha value is -3.42. The van der Waals surface area contributed by atoms with Crippen LogP contribution < -0.4 is 10.1 Å². The molecular weight excluding hydrogens is 416 g/mol. The second kappa shape index (κ2) is 9.38. The maximum atomic E-state index is 13.9. The Bertz CT molecular complexity index is 1120. The summed E-state index contributed by atoms with van der Waals surface area (Å²) in [5.74, 6) is -1.82. The number of nitrogens with one attached hydrogen (secondary N) is 2. The Labute approximate surface area is 184 Å². The molecule has 1 aromatic heterocycles. The number of halogens is 2. The molecule has 2 amide bonds. The lowest BCUT2D eigenvalue weighted by Crippen LogP contribution is -2.52. The minimum absolute atomic E-state index is 0.00614. The Balaban J connectivity index is 1.40. The number of likely N-dealkylation sites (tertiary alicyclic amines) is 1. The zero-order chi connectivity index (χ0) is 22.7. The molecule has 0 spiro atoms. The largest absolute Gasteiger partial charge is 0.487 e. The highest BCUT2D eigenvalue weighted by atomic mass is 19.1. The molecule has 1 atom stereocenters. The molecule has 1 fully saturated rings. The number of fused-ring (bicyclic) bond motifs is 1. The number of carbonyl (C=O) groups excluding carboxylic acids is 2. The summed E-state index contributed by atoms with van der Waals surface area (Å²) in [7, 11) is 0. The minimum atomic E-state index is -0.743. The van der Waals surface area contributed by atoms with Crippen molar-refractivity contribution < 1.29 is 23.1 Å². The normalized spacial score (nSPS) is 15.5. The fourth-order valence-electron chi connectivity index (χ4n) is 4.13. The first-order valence-electron chi connectivity index (χ1n) is 10.6. The summed E-state index contributed by atoms with van der Waals surface area (Å²) in [6.45, 7) is 2.25. The number of benzene rings is 2. The molecule has 0 radical (unpaired) electrons. The first kappa shape index (κ1) is 21.8. The van der Waals surface area contributed by atoms with E-state index in [0.717, 1.165) is 28.6 Å². The third kappa shape index (κ3) is 4.90. The van der Waals surface area contributed by atoms with Crippen LogP contribution in [0.4, 0.5) is 8.78 Å². The lowest BCUT2D eigenvalue weighted by atomic mass is 10.0.